The molecule has 1 amide bonds. The summed E-state index contributed by atoms with van der Waals surface area (Å²) in [6, 6.07) is 6.36. The van der Waals surface area contributed by atoms with E-state index in [1.54, 1.807) is 26.2 Å². The summed E-state index contributed by atoms with van der Waals surface area (Å²) in [5.74, 6) is 0.412. The van der Waals surface area contributed by atoms with Gasteiger partial charge < -0.3 is 26.0 Å². The fourth-order valence-corrected chi connectivity index (χ4v) is 3.79. The summed E-state index contributed by atoms with van der Waals surface area (Å²) < 4.78 is 19.5. The van der Waals surface area contributed by atoms with E-state index in [4.69, 9.17) is 10.5 Å². The quantitative estimate of drug-likeness (QED) is 0.599. The van der Waals surface area contributed by atoms with Crippen LogP contribution in [0.3, 0.4) is 0 Å². The lowest BCUT2D eigenvalue weighted by molar-refractivity contribution is 0.0588. The van der Waals surface area contributed by atoms with Crippen LogP contribution in [0.1, 0.15) is 37.6 Å². The van der Waals surface area contributed by atoms with Crippen molar-refractivity contribution in [2.45, 2.75) is 45.5 Å². The zero-order valence-corrected chi connectivity index (χ0v) is 18.1. The van der Waals surface area contributed by atoms with Gasteiger partial charge in [0.05, 0.1) is 23.3 Å². The van der Waals surface area contributed by atoms with Crippen LogP contribution in [0, 0.1) is 11.7 Å². The van der Waals surface area contributed by atoms with Crippen LogP contribution in [0.2, 0.25) is 0 Å². The second kappa shape index (κ2) is 9.68. The van der Waals surface area contributed by atoms with Crippen molar-refractivity contribution in [1.29, 1.82) is 0 Å². The number of nitrogens with one attached hydrogen (secondary N) is 2. The molecule has 164 valence electrons. The van der Waals surface area contributed by atoms with Crippen LogP contribution in [0.5, 0.6) is 0 Å². The molecule has 0 aliphatic carbocycles. The molecule has 2 aromatic rings. The van der Waals surface area contributed by atoms with Crippen molar-refractivity contribution >= 4 is 22.6 Å². The molecule has 0 radical (unpaired) electrons. The fourth-order valence-electron chi connectivity index (χ4n) is 3.79. The first-order chi connectivity index (χ1) is 14.3. The Morgan fingerprint density at radius 1 is 1.37 bits per heavy atom. The van der Waals surface area contributed by atoms with E-state index < -0.39 is 6.17 Å². The van der Waals surface area contributed by atoms with Crippen LogP contribution in [-0.4, -0.2) is 55.9 Å². The predicted molar refractivity (Wildman–Crippen MR) is 117 cm³/mol. The third-order valence-electron chi connectivity index (χ3n) is 5.31. The Hall–Kier alpha value is -2.29. The van der Waals surface area contributed by atoms with Crippen LogP contribution in [0.15, 0.2) is 24.3 Å². The molecule has 1 aromatic carbocycles. The highest BCUT2D eigenvalue weighted by Crippen LogP contribution is 2.28. The molecule has 1 aromatic heterocycles. The maximum absolute atomic E-state index is 13.8. The summed E-state index contributed by atoms with van der Waals surface area (Å²) in [5, 5.41) is 7.01. The summed E-state index contributed by atoms with van der Waals surface area (Å²) in [6.07, 6.45) is 0.307. The second-order valence-electron chi connectivity index (χ2n) is 8.38. The molecule has 1 aliphatic rings. The number of anilines is 1. The molecule has 8 heteroatoms. The van der Waals surface area contributed by atoms with Gasteiger partial charge in [0.15, 0.2) is 0 Å². The molecule has 1 aliphatic heterocycles. The van der Waals surface area contributed by atoms with Gasteiger partial charge in [-0.3, -0.25) is 4.79 Å². The van der Waals surface area contributed by atoms with Crippen LogP contribution < -0.4 is 21.3 Å². The fraction of sp³-hybridized carbons (Fsp3) is 0.545. The van der Waals surface area contributed by atoms with E-state index in [1.807, 2.05) is 4.90 Å². The van der Waals surface area contributed by atoms with E-state index in [1.165, 1.54) is 12.1 Å². The van der Waals surface area contributed by atoms with E-state index in [9.17, 15) is 9.18 Å². The van der Waals surface area contributed by atoms with Gasteiger partial charge in [0.2, 0.25) is 0 Å². The number of halogens is 1. The van der Waals surface area contributed by atoms with E-state index in [0.29, 0.717) is 41.3 Å². The molecular formula is C22H32FN5O2. The van der Waals surface area contributed by atoms with Gasteiger partial charge >= 0.3 is 0 Å². The third kappa shape index (κ3) is 5.24. The first kappa shape index (κ1) is 22.4. The highest BCUT2D eigenvalue weighted by Gasteiger charge is 2.32. The summed E-state index contributed by atoms with van der Waals surface area (Å²) >= 11 is 0. The lowest BCUT2D eigenvalue weighted by Crippen LogP contribution is -2.54. The van der Waals surface area contributed by atoms with E-state index in [2.05, 4.69) is 29.5 Å². The SMILES string of the molecule is CO[C@H]1CN(c2nc3cc(F)ccc3cc2C(=O)NC(C)N)CC[C@H]1NCC(C)C. The number of fused-ring (bicyclic) bond motifs is 1. The minimum atomic E-state index is -0.494. The first-order valence-electron chi connectivity index (χ1n) is 10.5. The summed E-state index contributed by atoms with van der Waals surface area (Å²) in [6.45, 7) is 8.26. The van der Waals surface area contributed by atoms with Crippen LogP contribution in [0.4, 0.5) is 10.2 Å². The van der Waals surface area contributed by atoms with E-state index in [-0.39, 0.29) is 23.9 Å². The van der Waals surface area contributed by atoms with Gasteiger partial charge in [-0.1, -0.05) is 13.8 Å². The van der Waals surface area contributed by atoms with Crippen LogP contribution in [-0.2, 0) is 4.74 Å². The average Bonchev–Trinajstić information content (AvgIpc) is 2.70. The molecule has 4 N–H and O–H groups in total. The molecule has 2 heterocycles. The molecule has 1 unspecified atom stereocenters. The number of methoxy groups -OCH3 is 1. The lowest BCUT2D eigenvalue weighted by atomic mass is 10.00. The Morgan fingerprint density at radius 3 is 2.80 bits per heavy atom. The number of hydrogen-bond donors (Lipinski definition) is 3. The molecule has 1 fully saturated rings. The number of piperidine rings is 1. The standard InChI is InChI=1S/C22H32FN5O2/c1-13(2)11-25-18-7-8-28(12-20(18)30-4)21-17(22(29)26-14(3)24)9-15-5-6-16(23)10-19(15)27-21/h5-6,9-10,13-14,18,20,25H,7-8,11-12,24H2,1-4H3,(H,26,29)/t14?,18-,20+/m1/s1. The Kier molecular flexibility index (Phi) is 7.23. The number of pyridine rings is 1. The van der Waals surface area contributed by atoms with Crippen LogP contribution >= 0.6 is 0 Å². The number of amides is 1. The monoisotopic (exact) mass is 417 g/mol. The van der Waals surface area contributed by atoms with Gasteiger partial charge in [0.1, 0.15) is 11.6 Å². The number of aromatic nitrogens is 1. The molecule has 7 nitrogen and oxygen atoms in total. The zero-order chi connectivity index (χ0) is 21.8. The predicted octanol–water partition coefficient (Wildman–Crippen LogP) is 2.25. The first-order valence-corrected chi connectivity index (χ1v) is 10.5. The van der Waals surface area contributed by atoms with Crippen molar-refractivity contribution in [3.05, 3.63) is 35.6 Å². The normalized spacial score (nSPS) is 20.6. The average molecular weight is 418 g/mol. The molecule has 1 saturated heterocycles. The summed E-state index contributed by atoms with van der Waals surface area (Å²) in [7, 11) is 1.70. The third-order valence-corrected chi connectivity index (χ3v) is 5.31. The molecule has 0 spiro atoms. The molecule has 3 atom stereocenters. The van der Waals surface area contributed by atoms with Gasteiger partial charge in [-0.25, -0.2) is 9.37 Å². The second-order valence-corrected chi connectivity index (χ2v) is 8.38. The molecule has 0 saturated carbocycles. The van der Waals surface area contributed by atoms with Crippen molar-refractivity contribution < 1.29 is 13.9 Å². The highest BCUT2D eigenvalue weighted by molar-refractivity contribution is 6.02. The van der Waals surface area contributed by atoms with Crippen molar-refractivity contribution in [3.8, 4) is 0 Å². The summed E-state index contributed by atoms with van der Waals surface area (Å²) in [5.41, 5.74) is 6.70. The van der Waals surface area contributed by atoms with Gasteiger partial charge in [0.25, 0.3) is 5.91 Å². The van der Waals surface area contributed by atoms with Gasteiger partial charge in [-0.15, -0.1) is 0 Å². The largest absolute Gasteiger partial charge is 0.378 e. The Labute approximate surface area is 177 Å². The number of rotatable bonds is 7. The molecule has 0 bridgehead atoms. The number of ether oxygens (including phenoxy) is 1. The number of carbonyl (C=O) groups excluding carboxylic acids is 1. The maximum atomic E-state index is 13.8. The smallest absolute Gasteiger partial charge is 0.256 e. The number of carbonyl (C=O) groups is 1. The number of nitrogens with two attached hydrogens (primary N) is 1. The minimum Gasteiger partial charge on any atom is -0.378 e. The summed E-state index contributed by atoms with van der Waals surface area (Å²) in [4.78, 5) is 19.6. The van der Waals surface area contributed by atoms with Gasteiger partial charge in [-0.2, -0.15) is 0 Å². The Balaban J connectivity index is 1.93. The lowest BCUT2D eigenvalue weighted by Gasteiger charge is -2.39. The van der Waals surface area contributed by atoms with Gasteiger partial charge in [-0.05, 0) is 44.0 Å². The molecular weight excluding hydrogens is 385 g/mol. The van der Waals surface area contributed by atoms with E-state index in [0.717, 1.165) is 13.0 Å². The topological polar surface area (TPSA) is 92.5 Å². The van der Waals surface area contributed by atoms with Crippen molar-refractivity contribution in [2.24, 2.45) is 11.7 Å². The maximum Gasteiger partial charge on any atom is 0.256 e. The number of nitrogens with zero attached hydrogens (tertiary/aromatic N) is 2. The Morgan fingerprint density at radius 2 is 2.13 bits per heavy atom. The number of benzene rings is 1. The van der Waals surface area contributed by atoms with Gasteiger partial charge in [0, 0.05) is 37.7 Å². The molecule has 3 rings (SSSR count). The number of hydrogen-bond acceptors (Lipinski definition) is 6. The highest BCUT2D eigenvalue weighted by atomic mass is 19.1. The zero-order valence-electron chi connectivity index (χ0n) is 18.1. The van der Waals surface area contributed by atoms with Crippen LogP contribution in [0.25, 0.3) is 10.9 Å². The van der Waals surface area contributed by atoms with Crippen molar-refractivity contribution in [3.63, 3.8) is 0 Å². The minimum absolute atomic E-state index is 0.0492. The van der Waals surface area contributed by atoms with Crippen molar-refractivity contribution in [2.75, 3.05) is 31.6 Å². The van der Waals surface area contributed by atoms with E-state index >= 15 is 0 Å². The molecule has 30 heavy (non-hydrogen) atoms. The Bertz CT molecular complexity index is 889. The van der Waals surface area contributed by atoms with Crippen molar-refractivity contribution in [1.82, 2.24) is 15.6 Å².